The number of carboxylic acid groups (broad SMARTS) is 1. The van der Waals surface area contributed by atoms with Crippen LogP contribution in [0.4, 0.5) is 0 Å². The Labute approximate surface area is 154 Å². The van der Waals surface area contributed by atoms with Crippen molar-refractivity contribution in [1.29, 1.82) is 0 Å². The Morgan fingerprint density at radius 1 is 1.27 bits per heavy atom. The number of benzene rings is 1. The maximum Gasteiger partial charge on any atom is 0.307 e. The molecule has 1 saturated heterocycles. The van der Waals surface area contributed by atoms with Gasteiger partial charge in [0.25, 0.3) is 0 Å². The van der Waals surface area contributed by atoms with Crippen molar-refractivity contribution in [3.05, 3.63) is 35.9 Å². The SMILES string of the molecule is CC1(C)[C@H](C(=O)O)[C@@H]1C(=O)NCC1CN(Cc2ccccc2)CCCO1. The van der Waals surface area contributed by atoms with Crippen molar-refractivity contribution in [3.63, 3.8) is 0 Å². The molecular formula is C20H28N2O4. The normalized spacial score (nSPS) is 28.2. The van der Waals surface area contributed by atoms with E-state index < -0.39 is 23.2 Å². The molecule has 0 aromatic heterocycles. The number of nitrogens with one attached hydrogen (secondary N) is 1. The van der Waals surface area contributed by atoms with Crippen molar-refractivity contribution in [2.45, 2.75) is 32.9 Å². The fourth-order valence-electron chi connectivity index (χ4n) is 3.99. The van der Waals surface area contributed by atoms with E-state index in [0.717, 1.165) is 26.1 Å². The first kappa shape index (κ1) is 18.9. The third kappa shape index (κ3) is 4.24. The van der Waals surface area contributed by atoms with Crippen molar-refractivity contribution in [2.24, 2.45) is 17.3 Å². The number of aliphatic carboxylic acids is 1. The summed E-state index contributed by atoms with van der Waals surface area (Å²) in [5.74, 6) is -2.11. The monoisotopic (exact) mass is 360 g/mol. The molecule has 1 aliphatic carbocycles. The van der Waals surface area contributed by atoms with E-state index in [1.807, 2.05) is 32.0 Å². The summed E-state index contributed by atoms with van der Waals surface area (Å²) < 4.78 is 5.88. The lowest BCUT2D eigenvalue weighted by Crippen LogP contribution is -2.41. The van der Waals surface area contributed by atoms with Gasteiger partial charge >= 0.3 is 5.97 Å². The molecule has 6 heteroatoms. The van der Waals surface area contributed by atoms with Gasteiger partial charge in [0.1, 0.15) is 0 Å². The van der Waals surface area contributed by atoms with Crippen LogP contribution in [0.1, 0.15) is 25.8 Å². The van der Waals surface area contributed by atoms with Crippen LogP contribution < -0.4 is 5.32 Å². The summed E-state index contributed by atoms with van der Waals surface area (Å²) in [6.07, 6.45) is 0.893. The minimum absolute atomic E-state index is 0.0738. The van der Waals surface area contributed by atoms with E-state index in [4.69, 9.17) is 4.74 Å². The predicted molar refractivity (Wildman–Crippen MR) is 97.5 cm³/mol. The highest BCUT2D eigenvalue weighted by Gasteiger charge is 2.65. The second kappa shape index (κ2) is 7.76. The Bertz CT molecular complexity index is 646. The second-order valence-corrected chi connectivity index (χ2v) is 7.93. The minimum atomic E-state index is -0.894. The first-order valence-corrected chi connectivity index (χ1v) is 9.28. The molecule has 2 N–H and O–H groups in total. The maximum absolute atomic E-state index is 12.4. The molecule has 142 valence electrons. The van der Waals surface area contributed by atoms with Crippen molar-refractivity contribution in [2.75, 3.05) is 26.2 Å². The minimum Gasteiger partial charge on any atom is -0.481 e. The van der Waals surface area contributed by atoms with Crippen molar-refractivity contribution < 1.29 is 19.4 Å². The van der Waals surface area contributed by atoms with Crippen LogP contribution in [-0.4, -0.2) is 54.2 Å². The molecule has 0 spiro atoms. The number of amides is 1. The lowest BCUT2D eigenvalue weighted by Gasteiger charge is -2.24. The van der Waals surface area contributed by atoms with Gasteiger partial charge in [-0.2, -0.15) is 0 Å². The molecule has 0 radical (unpaired) electrons. The molecule has 1 amide bonds. The molecule has 0 bridgehead atoms. The van der Waals surface area contributed by atoms with Gasteiger partial charge in [-0.15, -0.1) is 0 Å². The number of carboxylic acids is 1. The maximum atomic E-state index is 12.4. The quantitative estimate of drug-likeness (QED) is 0.808. The van der Waals surface area contributed by atoms with E-state index in [9.17, 15) is 14.7 Å². The average Bonchev–Trinajstić information content (AvgIpc) is 3.25. The van der Waals surface area contributed by atoms with E-state index >= 15 is 0 Å². The molecule has 1 aromatic carbocycles. The summed E-state index contributed by atoms with van der Waals surface area (Å²) >= 11 is 0. The highest BCUT2D eigenvalue weighted by atomic mass is 16.5. The van der Waals surface area contributed by atoms with Gasteiger partial charge in [-0.25, -0.2) is 0 Å². The Morgan fingerprint density at radius 3 is 2.65 bits per heavy atom. The molecule has 2 aliphatic rings. The molecule has 1 heterocycles. The van der Waals surface area contributed by atoms with Crippen LogP contribution in [0.2, 0.25) is 0 Å². The summed E-state index contributed by atoms with van der Waals surface area (Å²) in [7, 11) is 0. The Morgan fingerprint density at radius 2 is 2.00 bits per heavy atom. The Balaban J connectivity index is 1.51. The molecule has 1 unspecified atom stereocenters. The molecular weight excluding hydrogens is 332 g/mol. The van der Waals surface area contributed by atoms with Crippen LogP contribution in [0, 0.1) is 17.3 Å². The van der Waals surface area contributed by atoms with E-state index in [0.29, 0.717) is 13.2 Å². The lowest BCUT2D eigenvalue weighted by atomic mass is 10.1. The zero-order valence-corrected chi connectivity index (χ0v) is 15.5. The van der Waals surface area contributed by atoms with Gasteiger partial charge < -0.3 is 15.2 Å². The first-order valence-electron chi connectivity index (χ1n) is 9.28. The fraction of sp³-hybridized carbons (Fsp3) is 0.600. The van der Waals surface area contributed by atoms with E-state index in [-0.39, 0.29) is 12.0 Å². The highest BCUT2D eigenvalue weighted by Crippen LogP contribution is 2.58. The molecule has 3 rings (SSSR count). The summed E-state index contributed by atoms with van der Waals surface area (Å²) in [6.45, 7) is 7.36. The smallest absolute Gasteiger partial charge is 0.307 e. The number of carbonyl (C=O) groups is 2. The average molecular weight is 360 g/mol. The van der Waals surface area contributed by atoms with Gasteiger partial charge in [0.05, 0.1) is 17.9 Å². The van der Waals surface area contributed by atoms with Gasteiger partial charge in [-0.05, 0) is 17.4 Å². The zero-order valence-electron chi connectivity index (χ0n) is 15.5. The van der Waals surface area contributed by atoms with Crippen molar-refractivity contribution in [1.82, 2.24) is 10.2 Å². The van der Waals surface area contributed by atoms with Gasteiger partial charge in [0.15, 0.2) is 0 Å². The van der Waals surface area contributed by atoms with Gasteiger partial charge in [-0.1, -0.05) is 44.2 Å². The molecule has 26 heavy (non-hydrogen) atoms. The number of rotatable bonds is 6. The van der Waals surface area contributed by atoms with E-state index in [1.165, 1.54) is 5.56 Å². The largest absolute Gasteiger partial charge is 0.481 e. The fourth-order valence-corrected chi connectivity index (χ4v) is 3.99. The number of hydrogen-bond acceptors (Lipinski definition) is 4. The van der Waals surface area contributed by atoms with Crippen molar-refractivity contribution >= 4 is 11.9 Å². The number of hydrogen-bond donors (Lipinski definition) is 2. The zero-order chi connectivity index (χ0) is 18.7. The van der Waals surface area contributed by atoms with Crippen LogP contribution in [0.5, 0.6) is 0 Å². The molecule has 6 nitrogen and oxygen atoms in total. The molecule has 3 atom stereocenters. The number of ether oxygens (including phenoxy) is 1. The predicted octanol–water partition coefficient (Wildman–Crippen LogP) is 1.75. The second-order valence-electron chi connectivity index (χ2n) is 7.93. The third-order valence-corrected chi connectivity index (χ3v) is 5.56. The Hall–Kier alpha value is -1.92. The molecule has 2 fully saturated rings. The third-order valence-electron chi connectivity index (χ3n) is 5.56. The lowest BCUT2D eigenvalue weighted by molar-refractivity contribution is -0.140. The van der Waals surface area contributed by atoms with Crippen LogP contribution in [0.3, 0.4) is 0 Å². The molecule has 1 aromatic rings. The summed E-state index contributed by atoms with van der Waals surface area (Å²) in [5, 5.41) is 12.1. The van der Waals surface area contributed by atoms with Crippen LogP contribution >= 0.6 is 0 Å². The molecule has 1 saturated carbocycles. The van der Waals surface area contributed by atoms with Gasteiger partial charge in [-0.3, -0.25) is 14.5 Å². The molecule has 1 aliphatic heterocycles. The highest BCUT2D eigenvalue weighted by molar-refractivity contribution is 5.91. The number of carbonyl (C=O) groups excluding carboxylic acids is 1. The van der Waals surface area contributed by atoms with Crippen LogP contribution in [0.15, 0.2) is 30.3 Å². The number of nitrogens with zero attached hydrogens (tertiary/aromatic N) is 1. The van der Waals surface area contributed by atoms with Gasteiger partial charge in [0, 0.05) is 32.8 Å². The Kier molecular flexibility index (Phi) is 5.63. The van der Waals surface area contributed by atoms with E-state index in [1.54, 1.807) is 0 Å². The standard InChI is InChI=1S/C20H28N2O4/c1-20(2)16(17(20)19(24)25)18(23)21-11-15-13-22(9-6-10-26-15)12-14-7-4-3-5-8-14/h3-5,7-8,15-17H,6,9-13H2,1-2H3,(H,21,23)(H,24,25)/t15?,16-,17+/m1/s1. The van der Waals surface area contributed by atoms with Crippen LogP contribution in [0.25, 0.3) is 0 Å². The van der Waals surface area contributed by atoms with Crippen LogP contribution in [-0.2, 0) is 20.9 Å². The summed E-state index contributed by atoms with van der Waals surface area (Å²) in [4.78, 5) is 26.0. The topological polar surface area (TPSA) is 78.9 Å². The first-order chi connectivity index (χ1) is 12.4. The van der Waals surface area contributed by atoms with Gasteiger partial charge in [0.2, 0.25) is 5.91 Å². The van der Waals surface area contributed by atoms with E-state index in [2.05, 4.69) is 22.3 Å². The summed E-state index contributed by atoms with van der Waals surface area (Å²) in [5.41, 5.74) is 0.792. The van der Waals surface area contributed by atoms with Crippen molar-refractivity contribution in [3.8, 4) is 0 Å². The summed E-state index contributed by atoms with van der Waals surface area (Å²) in [6, 6.07) is 10.3.